The van der Waals surface area contributed by atoms with Gasteiger partial charge in [-0.2, -0.15) is 0 Å². The summed E-state index contributed by atoms with van der Waals surface area (Å²) in [6.07, 6.45) is 6.52. The number of ether oxygens (including phenoxy) is 1. The van der Waals surface area contributed by atoms with Gasteiger partial charge in [-0.25, -0.2) is 8.42 Å². The summed E-state index contributed by atoms with van der Waals surface area (Å²) < 4.78 is 32.8. The largest absolute Gasteiger partial charge is 0.489 e. The van der Waals surface area contributed by atoms with Crippen LogP contribution in [0.25, 0.3) is 0 Å². The molecule has 0 bridgehead atoms. The Morgan fingerprint density at radius 1 is 0.953 bits per heavy atom. The van der Waals surface area contributed by atoms with Crippen LogP contribution in [0.2, 0.25) is 5.02 Å². The first-order chi connectivity index (χ1) is 20.7. The molecule has 0 aromatic heterocycles. The van der Waals surface area contributed by atoms with E-state index in [2.05, 4.69) is 5.32 Å². The van der Waals surface area contributed by atoms with Crippen LogP contribution in [0.3, 0.4) is 0 Å². The van der Waals surface area contributed by atoms with Crippen molar-refractivity contribution >= 4 is 39.1 Å². The predicted molar refractivity (Wildman–Crippen MR) is 171 cm³/mol. The van der Waals surface area contributed by atoms with Crippen LogP contribution >= 0.6 is 11.6 Å². The lowest BCUT2D eigenvalue weighted by Crippen LogP contribution is -2.54. The van der Waals surface area contributed by atoms with E-state index in [0.717, 1.165) is 48.2 Å². The molecule has 3 aromatic carbocycles. The molecule has 0 spiro atoms. The number of carbonyl (C=O) groups is 2. The van der Waals surface area contributed by atoms with Gasteiger partial charge in [0, 0.05) is 17.6 Å². The maximum Gasteiger partial charge on any atom is 0.244 e. The Morgan fingerprint density at radius 2 is 1.60 bits per heavy atom. The molecule has 2 amide bonds. The van der Waals surface area contributed by atoms with Gasteiger partial charge in [0.15, 0.2) is 0 Å². The van der Waals surface area contributed by atoms with E-state index in [4.69, 9.17) is 16.3 Å². The normalized spacial score (nSPS) is 14.5. The van der Waals surface area contributed by atoms with Crippen molar-refractivity contribution < 1.29 is 22.7 Å². The number of sulfonamides is 1. The lowest BCUT2D eigenvalue weighted by Gasteiger charge is -2.34. The Hall–Kier alpha value is -3.56. The molecule has 10 heteroatoms. The zero-order valence-electron chi connectivity index (χ0n) is 24.7. The molecular formula is C33H40ClN3O5S. The molecule has 1 fully saturated rings. The molecule has 4 rings (SSSR count). The first kappa shape index (κ1) is 32.4. The highest BCUT2D eigenvalue weighted by Crippen LogP contribution is 2.25. The van der Waals surface area contributed by atoms with Crippen molar-refractivity contribution in [3.63, 3.8) is 0 Å². The third-order valence-corrected chi connectivity index (χ3v) is 9.20. The highest BCUT2D eigenvalue weighted by molar-refractivity contribution is 7.92. The van der Waals surface area contributed by atoms with E-state index in [1.165, 1.54) is 4.90 Å². The fourth-order valence-electron chi connectivity index (χ4n) is 5.34. The summed E-state index contributed by atoms with van der Waals surface area (Å²) in [7, 11) is -3.85. The highest BCUT2D eigenvalue weighted by atomic mass is 35.5. The fourth-order valence-corrected chi connectivity index (χ4v) is 6.38. The second-order valence-corrected chi connectivity index (χ2v) is 13.2. The molecule has 1 aliphatic carbocycles. The van der Waals surface area contributed by atoms with Crippen molar-refractivity contribution in [2.45, 2.75) is 70.7 Å². The van der Waals surface area contributed by atoms with Crippen molar-refractivity contribution in [1.29, 1.82) is 0 Å². The molecule has 1 aliphatic rings. The quantitative estimate of drug-likeness (QED) is 0.254. The first-order valence-electron chi connectivity index (χ1n) is 14.7. The Morgan fingerprint density at radius 3 is 2.23 bits per heavy atom. The monoisotopic (exact) mass is 625 g/mol. The minimum Gasteiger partial charge on any atom is -0.489 e. The second kappa shape index (κ2) is 15.3. The van der Waals surface area contributed by atoms with E-state index in [-0.39, 0.29) is 18.5 Å². The smallest absolute Gasteiger partial charge is 0.244 e. The average Bonchev–Trinajstić information content (AvgIpc) is 3.00. The third-order valence-electron chi connectivity index (χ3n) is 7.69. The summed E-state index contributed by atoms with van der Waals surface area (Å²) >= 11 is 6.45. The molecule has 8 nitrogen and oxygen atoms in total. The van der Waals surface area contributed by atoms with E-state index in [1.54, 1.807) is 42.5 Å². The van der Waals surface area contributed by atoms with Gasteiger partial charge in [0.05, 0.1) is 11.9 Å². The van der Waals surface area contributed by atoms with Crippen LogP contribution in [0, 0.1) is 0 Å². The number of amides is 2. The number of rotatable bonds is 13. The number of anilines is 1. The first-order valence-corrected chi connectivity index (χ1v) is 17.0. The van der Waals surface area contributed by atoms with Crippen LogP contribution in [0.5, 0.6) is 5.75 Å². The van der Waals surface area contributed by atoms with Crippen LogP contribution in [0.1, 0.15) is 56.6 Å². The van der Waals surface area contributed by atoms with Gasteiger partial charge in [0.1, 0.15) is 24.9 Å². The molecule has 0 aliphatic heterocycles. The molecule has 230 valence electrons. The van der Waals surface area contributed by atoms with Crippen molar-refractivity contribution in [2.75, 3.05) is 17.1 Å². The summed E-state index contributed by atoms with van der Waals surface area (Å²) in [5, 5.41) is 3.61. The van der Waals surface area contributed by atoms with Gasteiger partial charge in [0.25, 0.3) is 0 Å². The lowest BCUT2D eigenvalue weighted by atomic mass is 9.95. The van der Waals surface area contributed by atoms with Crippen LogP contribution < -0.4 is 14.4 Å². The minimum absolute atomic E-state index is 0.0684. The topological polar surface area (TPSA) is 96.0 Å². The third kappa shape index (κ3) is 9.21. The number of nitrogens with one attached hydrogen (secondary N) is 1. The SMILES string of the molecule is CC[C@@H](C(=O)NC1CCCCC1)N(Cc1ccccc1Cl)C(=O)CN(c1ccc(OCc2ccccc2)cc1)S(C)(=O)=O. The number of nitrogens with zero attached hydrogens (tertiary/aromatic N) is 2. The van der Waals surface area contributed by atoms with Crippen LogP contribution in [0.15, 0.2) is 78.9 Å². The van der Waals surface area contributed by atoms with E-state index >= 15 is 0 Å². The number of benzene rings is 3. The van der Waals surface area contributed by atoms with Crippen molar-refractivity contribution in [3.8, 4) is 5.75 Å². The van der Waals surface area contributed by atoms with Crippen molar-refractivity contribution in [3.05, 3.63) is 95.0 Å². The van der Waals surface area contributed by atoms with Crippen LogP contribution in [0.4, 0.5) is 5.69 Å². The average molecular weight is 626 g/mol. The van der Waals surface area contributed by atoms with E-state index in [1.807, 2.05) is 43.3 Å². The van der Waals surface area contributed by atoms with Gasteiger partial charge in [-0.1, -0.05) is 86.3 Å². The number of hydrogen-bond donors (Lipinski definition) is 1. The number of hydrogen-bond acceptors (Lipinski definition) is 5. The predicted octanol–water partition coefficient (Wildman–Crippen LogP) is 5.94. The van der Waals surface area contributed by atoms with E-state index in [0.29, 0.717) is 35.1 Å². The maximum atomic E-state index is 14.0. The molecule has 3 aromatic rings. The Labute approximate surface area is 260 Å². The number of halogens is 1. The molecule has 1 atom stereocenters. The van der Waals surface area contributed by atoms with Gasteiger partial charge < -0.3 is 15.0 Å². The van der Waals surface area contributed by atoms with Crippen molar-refractivity contribution in [1.82, 2.24) is 10.2 Å². The van der Waals surface area contributed by atoms with Crippen LogP contribution in [-0.4, -0.2) is 50.0 Å². The maximum absolute atomic E-state index is 14.0. The highest BCUT2D eigenvalue weighted by Gasteiger charge is 2.33. The molecule has 0 radical (unpaired) electrons. The zero-order chi connectivity index (χ0) is 30.8. The second-order valence-electron chi connectivity index (χ2n) is 10.9. The van der Waals surface area contributed by atoms with Gasteiger partial charge in [-0.05, 0) is 60.7 Å². The summed E-state index contributed by atoms with van der Waals surface area (Å²) in [4.78, 5) is 29.0. The fraction of sp³-hybridized carbons (Fsp3) is 0.394. The summed E-state index contributed by atoms with van der Waals surface area (Å²) in [5.74, 6) is -0.167. The molecule has 0 heterocycles. The Bertz CT molecular complexity index is 1460. The molecule has 43 heavy (non-hydrogen) atoms. The molecule has 1 N–H and O–H groups in total. The molecule has 0 saturated heterocycles. The van der Waals surface area contributed by atoms with Crippen molar-refractivity contribution in [2.24, 2.45) is 0 Å². The summed E-state index contributed by atoms with van der Waals surface area (Å²) in [5.41, 5.74) is 2.00. The Kier molecular flexibility index (Phi) is 11.5. The minimum atomic E-state index is -3.85. The molecular weight excluding hydrogens is 586 g/mol. The molecule has 0 unspecified atom stereocenters. The standard InChI is InChI=1S/C33H40ClN3O5S/c1-3-31(33(39)35-27-15-8-5-9-16-27)36(22-26-14-10-11-17-30(26)34)32(38)23-37(43(2,40)41)28-18-20-29(21-19-28)42-24-25-12-6-4-7-13-25/h4,6-7,10-14,17-21,27,31H,3,5,8-9,15-16,22-24H2,1-2H3,(H,35,39)/t31-/m0/s1. The lowest BCUT2D eigenvalue weighted by molar-refractivity contribution is -0.140. The van der Waals surface area contributed by atoms with E-state index in [9.17, 15) is 18.0 Å². The van der Waals surface area contributed by atoms with Gasteiger partial charge >= 0.3 is 0 Å². The van der Waals surface area contributed by atoms with Gasteiger partial charge in [0.2, 0.25) is 21.8 Å². The zero-order valence-corrected chi connectivity index (χ0v) is 26.3. The molecule has 1 saturated carbocycles. The Balaban J connectivity index is 1.55. The van der Waals surface area contributed by atoms with Gasteiger partial charge in [-0.3, -0.25) is 13.9 Å². The van der Waals surface area contributed by atoms with E-state index < -0.39 is 28.5 Å². The summed E-state index contributed by atoms with van der Waals surface area (Å²) in [6.45, 7) is 1.81. The van der Waals surface area contributed by atoms with Crippen LogP contribution in [-0.2, 0) is 32.8 Å². The van der Waals surface area contributed by atoms with Gasteiger partial charge in [-0.15, -0.1) is 0 Å². The number of carbonyl (C=O) groups excluding carboxylic acids is 2. The summed E-state index contributed by atoms with van der Waals surface area (Å²) in [6, 6.07) is 22.7.